The minimum absolute atomic E-state index is 0.00325. The fraction of sp³-hybridized carbons (Fsp3) is 0.686. The zero-order valence-electron chi connectivity index (χ0n) is 28.5. The Labute approximate surface area is 277 Å². The molecule has 6 rings (SSSR count). The normalized spacial score (nSPS) is 26.0. The van der Waals surface area contributed by atoms with Crippen LogP contribution in [-0.2, 0) is 4.79 Å². The van der Waals surface area contributed by atoms with E-state index in [1.54, 1.807) is 18.7 Å². The minimum Gasteiger partial charge on any atom is -0.434 e. The molecule has 1 saturated carbocycles. The molecule has 4 heterocycles. The number of rotatable bonds is 9. The van der Waals surface area contributed by atoms with E-state index >= 15 is 0 Å². The van der Waals surface area contributed by atoms with Crippen molar-refractivity contribution in [3.8, 4) is 11.6 Å². The Hall–Kier alpha value is -3.38. The molecule has 2 amide bonds. The van der Waals surface area contributed by atoms with Crippen molar-refractivity contribution in [2.24, 2.45) is 17.3 Å². The zero-order valence-corrected chi connectivity index (χ0v) is 28.5. The van der Waals surface area contributed by atoms with E-state index in [1.165, 1.54) is 24.5 Å². The summed E-state index contributed by atoms with van der Waals surface area (Å²) >= 11 is 0. The van der Waals surface area contributed by atoms with E-state index in [0.717, 1.165) is 77.7 Å². The molecule has 0 bridgehead atoms. The number of hydrogen-bond donors (Lipinski definition) is 2. The van der Waals surface area contributed by atoms with E-state index in [4.69, 9.17) is 4.74 Å². The number of aromatic nitrogens is 3. The first-order chi connectivity index (χ1) is 22.3. The standard InChI is InChI=1S/C35H50FN7O4/c1-6-43(23(2)3)32(45)26-17-25(36)7-8-28(26)47-31-29(37-22-38-40-31)42-20-34(21-42)13-15-41(16-14-34)19-24-9-11-35(12-10-24)18-27(30(44)39-35)33(4,5)46/h7-8,17,22-24,27,46H,6,9-16,18-21H2,1-5H3,(H,39,44)/t24-,27-,35-/m1/s1. The second-order valence-corrected chi connectivity index (χ2v) is 15.3. The summed E-state index contributed by atoms with van der Waals surface area (Å²) in [5.41, 5.74) is -0.772. The summed E-state index contributed by atoms with van der Waals surface area (Å²) in [7, 11) is 0. The summed E-state index contributed by atoms with van der Waals surface area (Å²) in [6.07, 6.45) is 8.54. The lowest BCUT2D eigenvalue weighted by molar-refractivity contribution is -0.129. The van der Waals surface area contributed by atoms with Crippen molar-refractivity contribution in [2.45, 2.75) is 96.7 Å². The number of carbonyl (C=O) groups excluding carboxylic acids is 2. The molecule has 1 atom stereocenters. The van der Waals surface area contributed by atoms with E-state index in [1.807, 2.05) is 20.8 Å². The topological polar surface area (TPSA) is 124 Å². The van der Waals surface area contributed by atoms with Gasteiger partial charge in [0.1, 0.15) is 17.9 Å². The smallest absolute Gasteiger partial charge is 0.282 e. The molecule has 47 heavy (non-hydrogen) atoms. The van der Waals surface area contributed by atoms with Crippen LogP contribution in [0.5, 0.6) is 11.6 Å². The lowest BCUT2D eigenvalue weighted by atomic mass is 9.71. The number of anilines is 1. The van der Waals surface area contributed by atoms with Crippen molar-refractivity contribution < 1.29 is 23.8 Å². The number of piperidine rings is 1. The SMILES string of the molecule is CCN(C(=O)c1cc(F)ccc1Oc1nncnc1N1CC2(CCN(C[C@H]3CC[C@]4(CC3)C[C@@H](C(C)(C)O)C(=O)N4)CC2)C1)C(C)C. The molecule has 4 aliphatic rings. The maximum atomic E-state index is 14.3. The maximum Gasteiger partial charge on any atom is 0.282 e. The van der Waals surface area contributed by atoms with Crippen LogP contribution >= 0.6 is 0 Å². The van der Waals surface area contributed by atoms with Gasteiger partial charge in [-0.05, 0) is 117 Å². The summed E-state index contributed by atoms with van der Waals surface area (Å²) in [6.45, 7) is 14.6. The Balaban J connectivity index is 1.02. The van der Waals surface area contributed by atoms with Gasteiger partial charge in [-0.15, -0.1) is 10.2 Å². The van der Waals surface area contributed by atoms with E-state index in [9.17, 15) is 19.1 Å². The lowest BCUT2D eigenvalue weighted by Gasteiger charge is -2.54. The number of benzene rings is 1. The number of aliphatic hydroxyl groups is 1. The zero-order chi connectivity index (χ0) is 33.6. The van der Waals surface area contributed by atoms with Gasteiger partial charge >= 0.3 is 0 Å². The predicted molar refractivity (Wildman–Crippen MR) is 176 cm³/mol. The molecule has 2 spiro atoms. The summed E-state index contributed by atoms with van der Waals surface area (Å²) < 4.78 is 20.4. The quantitative estimate of drug-likeness (QED) is 0.406. The van der Waals surface area contributed by atoms with Crippen molar-refractivity contribution in [1.82, 2.24) is 30.3 Å². The van der Waals surface area contributed by atoms with Crippen molar-refractivity contribution in [2.75, 3.05) is 44.2 Å². The van der Waals surface area contributed by atoms with E-state index in [0.29, 0.717) is 18.3 Å². The van der Waals surface area contributed by atoms with E-state index in [-0.39, 0.29) is 51.9 Å². The number of amides is 2. The maximum absolute atomic E-state index is 14.3. The highest BCUT2D eigenvalue weighted by Gasteiger charge is 2.51. The third-order valence-corrected chi connectivity index (χ3v) is 11.2. The number of nitrogens with one attached hydrogen (secondary N) is 1. The first-order valence-corrected chi connectivity index (χ1v) is 17.3. The van der Waals surface area contributed by atoms with Gasteiger partial charge in [0.15, 0.2) is 5.82 Å². The van der Waals surface area contributed by atoms with Crippen LogP contribution in [0, 0.1) is 23.1 Å². The first kappa shape index (κ1) is 33.5. The molecule has 256 valence electrons. The van der Waals surface area contributed by atoms with Gasteiger partial charge < -0.3 is 29.9 Å². The fourth-order valence-corrected chi connectivity index (χ4v) is 8.30. The molecule has 11 nitrogen and oxygen atoms in total. The summed E-state index contributed by atoms with van der Waals surface area (Å²) in [6, 6.07) is 3.90. The summed E-state index contributed by atoms with van der Waals surface area (Å²) in [4.78, 5) is 36.8. The van der Waals surface area contributed by atoms with E-state index < -0.39 is 11.4 Å². The van der Waals surface area contributed by atoms with Gasteiger partial charge in [-0.3, -0.25) is 9.59 Å². The predicted octanol–water partition coefficient (Wildman–Crippen LogP) is 4.41. The molecule has 3 aliphatic heterocycles. The number of hydrogen-bond acceptors (Lipinski definition) is 9. The molecular weight excluding hydrogens is 601 g/mol. The van der Waals surface area contributed by atoms with Crippen LogP contribution in [0.4, 0.5) is 10.2 Å². The third-order valence-electron chi connectivity index (χ3n) is 11.2. The average molecular weight is 652 g/mol. The van der Waals surface area contributed by atoms with Crippen molar-refractivity contribution >= 4 is 17.6 Å². The number of carbonyl (C=O) groups is 2. The third kappa shape index (κ3) is 6.95. The number of halogens is 1. The Bertz CT molecular complexity index is 1460. The average Bonchev–Trinajstić information content (AvgIpc) is 3.35. The first-order valence-electron chi connectivity index (χ1n) is 17.3. The van der Waals surface area contributed by atoms with Gasteiger partial charge in [0.05, 0.1) is 17.1 Å². The minimum atomic E-state index is -0.986. The van der Waals surface area contributed by atoms with Crippen LogP contribution < -0.4 is 15.0 Å². The summed E-state index contributed by atoms with van der Waals surface area (Å²) in [5.74, 6) is 0.500. The van der Waals surface area contributed by atoms with Crippen LogP contribution in [0.15, 0.2) is 24.5 Å². The molecule has 2 aromatic rings. The Morgan fingerprint density at radius 3 is 2.51 bits per heavy atom. The Kier molecular flexibility index (Phi) is 9.21. The molecule has 1 aliphatic carbocycles. The second kappa shape index (κ2) is 12.9. The van der Waals surface area contributed by atoms with Crippen LogP contribution in [0.25, 0.3) is 0 Å². The molecule has 1 aromatic carbocycles. The monoisotopic (exact) mass is 651 g/mol. The van der Waals surface area contributed by atoms with Gasteiger partial charge in [-0.1, -0.05) is 0 Å². The second-order valence-electron chi connectivity index (χ2n) is 15.3. The van der Waals surface area contributed by atoms with Crippen molar-refractivity contribution in [1.29, 1.82) is 0 Å². The van der Waals surface area contributed by atoms with Gasteiger partial charge in [0, 0.05) is 43.2 Å². The molecular formula is C35H50FN7O4. The molecule has 0 unspecified atom stereocenters. The molecule has 4 fully saturated rings. The Morgan fingerprint density at radius 2 is 1.89 bits per heavy atom. The van der Waals surface area contributed by atoms with Gasteiger partial charge in [-0.2, -0.15) is 0 Å². The largest absolute Gasteiger partial charge is 0.434 e. The van der Waals surface area contributed by atoms with Crippen molar-refractivity contribution in [3.05, 3.63) is 35.9 Å². The summed E-state index contributed by atoms with van der Waals surface area (Å²) in [5, 5.41) is 21.9. The molecule has 1 aromatic heterocycles. The lowest BCUT2D eigenvalue weighted by Crippen LogP contribution is -2.61. The van der Waals surface area contributed by atoms with Gasteiger partial charge in [0.25, 0.3) is 11.8 Å². The van der Waals surface area contributed by atoms with E-state index in [2.05, 4.69) is 30.3 Å². The van der Waals surface area contributed by atoms with Crippen LogP contribution in [-0.4, -0.2) is 98.4 Å². The fourth-order valence-electron chi connectivity index (χ4n) is 8.30. The number of likely N-dealkylation sites (tertiary alicyclic amines) is 1. The highest BCUT2D eigenvalue weighted by Crippen LogP contribution is 2.46. The molecule has 12 heteroatoms. The molecule has 2 N–H and O–H groups in total. The van der Waals surface area contributed by atoms with Gasteiger partial charge in [-0.25, -0.2) is 9.37 Å². The Morgan fingerprint density at radius 1 is 1.19 bits per heavy atom. The van der Waals surface area contributed by atoms with Gasteiger partial charge in [0.2, 0.25) is 5.91 Å². The molecule has 0 radical (unpaired) electrons. The highest BCUT2D eigenvalue weighted by atomic mass is 19.1. The number of nitrogens with zero attached hydrogens (tertiary/aromatic N) is 6. The molecule has 3 saturated heterocycles. The highest BCUT2D eigenvalue weighted by molar-refractivity contribution is 5.97. The number of ether oxygens (including phenoxy) is 1. The van der Waals surface area contributed by atoms with Crippen LogP contribution in [0.2, 0.25) is 0 Å². The van der Waals surface area contributed by atoms with Crippen LogP contribution in [0.3, 0.4) is 0 Å². The van der Waals surface area contributed by atoms with Crippen LogP contribution in [0.1, 0.15) is 89.9 Å². The van der Waals surface area contributed by atoms with Crippen molar-refractivity contribution in [3.63, 3.8) is 0 Å².